The Bertz CT molecular complexity index is 410. The first-order chi connectivity index (χ1) is 8.74. The zero-order chi connectivity index (χ0) is 14.6. The van der Waals surface area contributed by atoms with Crippen LogP contribution >= 0.6 is 35.6 Å². The minimum atomic E-state index is -0.634. The quantitative estimate of drug-likeness (QED) is 0.749. The van der Waals surface area contributed by atoms with Crippen LogP contribution in [0, 0.1) is 0 Å². The minimum Gasteiger partial charge on any atom is -0.387 e. The zero-order valence-corrected chi connectivity index (χ0v) is 14.6. The molecule has 1 aromatic carbocycles. The van der Waals surface area contributed by atoms with Gasteiger partial charge in [0.25, 0.3) is 0 Å². The summed E-state index contributed by atoms with van der Waals surface area (Å²) in [6.45, 7) is 9.32. The fraction of sp³-hybridized carbons (Fsp3) is 0.571. The van der Waals surface area contributed by atoms with Crippen molar-refractivity contribution in [2.24, 2.45) is 0 Å². The van der Waals surface area contributed by atoms with Crippen molar-refractivity contribution < 1.29 is 5.11 Å². The van der Waals surface area contributed by atoms with Gasteiger partial charge in [-0.3, -0.25) is 0 Å². The van der Waals surface area contributed by atoms with Crippen LogP contribution in [0.2, 0.25) is 10.0 Å². The number of aliphatic hydroxyl groups excluding tert-OH is 1. The Hall–Kier alpha value is -0.190. The van der Waals surface area contributed by atoms with E-state index in [0.717, 1.165) is 6.54 Å². The monoisotopic (exact) mass is 340 g/mol. The molecule has 0 fully saturated rings. The number of halogens is 3. The Morgan fingerprint density at radius 2 is 1.70 bits per heavy atom. The minimum absolute atomic E-state index is 0. The topological polar surface area (TPSA) is 44.3 Å². The predicted molar refractivity (Wildman–Crippen MR) is 90.6 cm³/mol. The molecule has 0 bridgehead atoms. The maximum atomic E-state index is 10.2. The molecule has 0 saturated carbocycles. The van der Waals surface area contributed by atoms with Gasteiger partial charge < -0.3 is 15.7 Å². The Labute approximate surface area is 137 Å². The molecule has 1 unspecified atom stereocenters. The standard InChI is InChI=1S/C14H22Cl2N2O.ClH/c1-5-17-13-10(15)6-9(7-11(13)16)12(19)8-18-14(2,3)4;/h6-7,12,17-19H,5,8H2,1-4H3;1H. The van der Waals surface area contributed by atoms with Crippen LogP contribution in [0.1, 0.15) is 39.4 Å². The van der Waals surface area contributed by atoms with Gasteiger partial charge in [-0.1, -0.05) is 23.2 Å². The molecule has 3 nitrogen and oxygen atoms in total. The lowest BCUT2D eigenvalue weighted by atomic mass is 10.1. The molecule has 0 saturated heterocycles. The van der Waals surface area contributed by atoms with Crippen LogP contribution in [0.3, 0.4) is 0 Å². The summed E-state index contributed by atoms with van der Waals surface area (Å²) in [5.41, 5.74) is 1.39. The Balaban J connectivity index is 0.00000361. The number of nitrogens with one attached hydrogen (secondary N) is 2. The van der Waals surface area contributed by atoms with E-state index < -0.39 is 6.10 Å². The highest BCUT2D eigenvalue weighted by Crippen LogP contribution is 2.33. The number of hydrogen-bond acceptors (Lipinski definition) is 3. The summed E-state index contributed by atoms with van der Waals surface area (Å²) < 4.78 is 0. The largest absolute Gasteiger partial charge is 0.387 e. The second-order valence-electron chi connectivity index (χ2n) is 5.54. The fourth-order valence-corrected chi connectivity index (χ4v) is 2.29. The van der Waals surface area contributed by atoms with Crippen molar-refractivity contribution >= 4 is 41.3 Å². The molecule has 0 aliphatic heterocycles. The molecule has 0 spiro atoms. The molecule has 1 rings (SSSR count). The first-order valence-corrected chi connectivity index (χ1v) is 7.16. The van der Waals surface area contributed by atoms with Crippen LogP contribution in [0.5, 0.6) is 0 Å². The van der Waals surface area contributed by atoms with E-state index in [1.54, 1.807) is 12.1 Å². The second-order valence-corrected chi connectivity index (χ2v) is 6.35. The van der Waals surface area contributed by atoms with Crippen molar-refractivity contribution in [1.29, 1.82) is 0 Å². The SMILES string of the molecule is CCNc1c(Cl)cc(C(O)CNC(C)(C)C)cc1Cl.Cl. The molecule has 116 valence electrons. The number of aliphatic hydroxyl groups is 1. The number of rotatable bonds is 5. The van der Waals surface area contributed by atoms with Gasteiger partial charge in [0, 0.05) is 18.6 Å². The Morgan fingerprint density at radius 3 is 2.10 bits per heavy atom. The Kier molecular flexibility index (Phi) is 8.22. The van der Waals surface area contributed by atoms with E-state index in [4.69, 9.17) is 23.2 Å². The summed E-state index contributed by atoms with van der Waals surface area (Å²) >= 11 is 12.3. The third-order valence-corrected chi connectivity index (χ3v) is 3.22. The average Bonchev–Trinajstić information content (AvgIpc) is 2.29. The van der Waals surface area contributed by atoms with Gasteiger partial charge in [0.1, 0.15) is 0 Å². The maximum absolute atomic E-state index is 10.2. The molecule has 0 aliphatic carbocycles. The molecule has 0 heterocycles. The summed E-state index contributed by atoms with van der Waals surface area (Å²) in [6, 6.07) is 3.50. The summed E-state index contributed by atoms with van der Waals surface area (Å²) in [6.07, 6.45) is -0.634. The van der Waals surface area contributed by atoms with Crippen LogP contribution in [0.25, 0.3) is 0 Å². The van der Waals surface area contributed by atoms with Crippen LogP contribution < -0.4 is 10.6 Å². The van der Waals surface area contributed by atoms with Crippen molar-refractivity contribution in [1.82, 2.24) is 5.32 Å². The highest BCUT2D eigenvalue weighted by Gasteiger charge is 2.16. The summed E-state index contributed by atoms with van der Waals surface area (Å²) in [4.78, 5) is 0. The van der Waals surface area contributed by atoms with Gasteiger partial charge in [0.05, 0.1) is 21.8 Å². The molecule has 1 atom stereocenters. The highest BCUT2D eigenvalue weighted by molar-refractivity contribution is 6.39. The third kappa shape index (κ3) is 6.06. The molecule has 6 heteroatoms. The Morgan fingerprint density at radius 1 is 1.20 bits per heavy atom. The predicted octanol–water partition coefficient (Wildman–Crippen LogP) is 4.27. The average molecular weight is 342 g/mol. The molecule has 20 heavy (non-hydrogen) atoms. The van der Waals surface area contributed by atoms with Crippen LogP contribution in [-0.2, 0) is 0 Å². The lowest BCUT2D eigenvalue weighted by Crippen LogP contribution is -2.38. The summed E-state index contributed by atoms with van der Waals surface area (Å²) in [7, 11) is 0. The normalized spacial score (nSPS) is 12.8. The van der Waals surface area contributed by atoms with E-state index in [9.17, 15) is 5.11 Å². The van der Waals surface area contributed by atoms with Gasteiger partial charge >= 0.3 is 0 Å². The van der Waals surface area contributed by atoms with Crippen LogP contribution in [0.4, 0.5) is 5.69 Å². The van der Waals surface area contributed by atoms with Crippen molar-refractivity contribution in [3.63, 3.8) is 0 Å². The van der Waals surface area contributed by atoms with Gasteiger partial charge in [-0.15, -0.1) is 12.4 Å². The van der Waals surface area contributed by atoms with E-state index in [1.165, 1.54) is 0 Å². The third-order valence-electron chi connectivity index (χ3n) is 2.63. The van der Waals surface area contributed by atoms with E-state index in [1.807, 2.05) is 27.7 Å². The van der Waals surface area contributed by atoms with Gasteiger partial charge in [-0.05, 0) is 45.4 Å². The molecular weight excluding hydrogens is 319 g/mol. The lowest BCUT2D eigenvalue weighted by molar-refractivity contribution is 0.163. The molecule has 0 amide bonds. The molecule has 0 aromatic heterocycles. The molecule has 0 radical (unpaired) electrons. The van der Waals surface area contributed by atoms with E-state index in [-0.39, 0.29) is 17.9 Å². The second kappa shape index (κ2) is 8.30. The first kappa shape index (κ1) is 19.8. The molecule has 3 N–H and O–H groups in total. The highest BCUT2D eigenvalue weighted by atomic mass is 35.5. The summed E-state index contributed by atoms with van der Waals surface area (Å²) in [5.74, 6) is 0. The van der Waals surface area contributed by atoms with E-state index in [0.29, 0.717) is 27.8 Å². The van der Waals surface area contributed by atoms with E-state index >= 15 is 0 Å². The molecule has 1 aromatic rings. The number of benzene rings is 1. The van der Waals surface area contributed by atoms with Gasteiger partial charge in [-0.25, -0.2) is 0 Å². The van der Waals surface area contributed by atoms with Crippen molar-refractivity contribution in [3.8, 4) is 0 Å². The van der Waals surface area contributed by atoms with Crippen molar-refractivity contribution in [3.05, 3.63) is 27.7 Å². The van der Waals surface area contributed by atoms with Crippen molar-refractivity contribution in [2.75, 3.05) is 18.4 Å². The number of β-amino-alcohol motifs (C(OH)–C–C–N with tert-alkyl or cyclic N) is 1. The van der Waals surface area contributed by atoms with E-state index in [2.05, 4.69) is 10.6 Å². The number of anilines is 1. The fourth-order valence-electron chi connectivity index (χ4n) is 1.65. The van der Waals surface area contributed by atoms with Gasteiger partial charge in [-0.2, -0.15) is 0 Å². The first-order valence-electron chi connectivity index (χ1n) is 6.40. The molecular formula is C14H23Cl3N2O. The lowest BCUT2D eigenvalue weighted by Gasteiger charge is -2.23. The van der Waals surface area contributed by atoms with Gasteiger partial charge in [0.15, 0.2) is 0 Å². The van der Waals surface area contributed by atoms with Gasteiger partial charge in [0.2, 0.25) is 0 Å². The maximum Gasteiger partial charge on any atom is 0.0915 e. The number of hydrogen-bond donors (Lipinski definition) is 3. The van der Waals surface area contributed by atoms with Crippen molar-refractivity contribution in [2.45, 2.75) is 39.3 Å². The zero-order valence-electron chi connectivity index (χ0n) is 12.3. The smallest absolute Gasteiger partial charge is 0.0915 e. The van der Waals surface area contributed by atoms with Crippen LogP contribution in [0.15, 0.2) is 12.1 Å². The molecule has 0 aliphatic rings. The van der Waals surface area contributed by atoms with Crippen LogP contribution in [-0.4, -0.2) is 23.7 Å². The summed E-state index contributed by atoms with van der Waals surface area (Å²) in [5, 5.41) is 17.6.